The molecule has 2 aromatic carbocycles. The van der Waals surface area contributed by atoms with E-state index in [1.54, 1.807) is 5.38 Å². The van der Waals surface area contributed by atoms with Gasteiger partial charge in [0.15, 0.2) is 0 Å². The molecule has 200 valence electrons. The maximum atomic E-state index is 12.8. The van der Waals surface area contributed by atoms with Crippen molar-refractivity contribution in [2.24, 2.45) is 5.92 Å². The maximum Gasteiger partial charge on any atom is 0.289 e. The van der Waals surface area contributed by atoms with Gasteiger partial charge in [-0.05, 0) is 30.0 Å². The summed E-state index contributed by atoms with van der Waals surface area (Å²) in [6.45, 7) is 4.24. The minimum absolute atomic E-state index is 0.0890. The molecule has 3 N–H and O–H groups in total. The average molecular weight is 545 g/mol. The van der Waals surface area contributed by atoms with Gasteiger partial charge in [0.25, 0.3) is 17.7 Å². The van der Waals surface area contributed by atoms with Crippen LogP contribution in [0.15, 0.2) is 78.6 Å². The van der Waals surface area contributed by atoms with E-state index in [9.17, 15) is 14.4 Å². The summed E-state index contributed by atoms with van der Waals surface area (Å²) in [7, 11) is 0. The minimum atomic E-state index is -0.889. The van der Waals surface area contributed by atoms with Crippen molar-refractivity contribution in [2.45, 2.75) is 32.9 Å². The lowest BCUT2D eigenvalue weighted by Gasteiger charge is -2.20. The summed E-state index contributed by atoms with van der Waals surface area (Å²) in [6, 6.07) is 16.4. The molecule has 4 rings (SSSR count). The SMILES string of the molecule is CC(C)C[C@H](NC(=O)c1cnccn1)C(=O)NNC(=O)c1csc(-c2ccccc2OCc2ccccc2)n1. The van der Waals surface area contributed by atoms with Crippen molar-refractivity contribution < 1.29 is 19.1 Å². The van der Waals surface area contributed by atoms with Crippen LogP contribution in [0.2, 0.25) is 0 Å². The van der Waals surface area contributed by atoms with E-state index in [4.69, 9.17) is 4.74 Å². The zero-order valence-electron chi connectivity index (χ0n) is 21.5. The van der Waals surface area contributed by atoms with Gasteiger partial charge in [0.1, 0.15) is 34.8 Å². The number of carbonyl (C=O) groups is 3. The number of rotatable bonds is 10. The molecule has 0 bridgehead atoms. The molecule has 1 atom stereocenters. The van der Waals surface area contributed by atoms with Crippen molar-refractivity contribution in [3.8, 4) is 16.3 Å². The molecule has 0 unspecified atom stereocenters. The summed E-state index contributed by atoms with van der Waals surface area (Å²) >= 11 is 1.29. The summed E-state index contributed by atoms with van der Waals surface area (Å²) in [5, 5.41) is 4.86. The van der Waals surface area contributed by atoms with Crippen molar-refractivity contribution in [1.29, 1.82) is 0 Å². The molecular formula is C28H28N6O4S. The Morgan fingerprint density at radius 2 is 1.69 bits per heavy atom. The van der Waals surface area contributed by atoms with E-state index in [1.165, 1.54) is 29.9 Å². The molecule has 39 heavy (non-hydrogen) atoms. The van der Waals surface area contributed by atoms with E-state index in [0.29, 0.717) is 23.8 Å². The van der Waals surface area contributed by atoms with Gasteiger partial charge in [0, 0.05) is 17.8 Å². The first kappa shape index (κ1) is 27.4. The smallest absolute Gasteiger partial charge is 0.289 e. The van der Waals surface area contributed by atoms with Crippen LogP contribution in [-0.4, -0.2) is 38.7 Å². The van der Waals surface area contributed by atoms with Crippen molar-refractivity contribution in [1.82, 2.24) is 31.1 Å². The quantitative estimate of drug-likeness (QED) is 0.259. The van der Waals surface area contributed by atoms with Crippen molar-refractivity contribution >= 4 is 29.1 Å². The number of nitrogens with one attached hydrogen (secondary N) is 3. The van der Waals surface area contributed by atoms with E-state index in [1.807, 2.05) is 68.4 Å². The first-order valence-electron chi connectivity index (χ1n) is 12.3. The molecule has 3 amide bonds. The summed E-state index contributed by atoms with van der Waals surface area (Å²) in [6.07, 6.45) is 4.51. The number of hydrogen-bond donors (Lipinski definition) is 3. The third kappa shape index (κ3) is 7.68. The maximum absolute atomic E-state index is 12.8. The van der Waals surface area contributed by atoms with Crippen molar-refractivity contribution in [3.05, 3.63) is 95.5 Å². The van der Waals surface area contributed by atoms with Crippen molar-refractivity contribution in [2.75, 3.05) is 0 Å². The van der Waals surface area contributed by atoms with Crippen LogP contribution in [0.1, 0.15) is 46.8 Å². The number of ether oxygens (including phenoxy) is 1. The fraction of sp³-hybridized carbons (Fsp3) is 0.214. The molecule has 4 aromatic rings. The number of amides is 3. The molecule has 0 fully saturated rings. The van der Waals surface area contributed by atoms with E-state index >= 15 is 0 Å². The van der Waals surface area contributed by atoms with E-state index in [0.717, 1.165) is 11.1 Å². The van der Waals surface area contributed by atoms with Crippen LogP contribution in [0.3, 0.4) is 0 Å². The normalized spacial score (nSPS) is 11.5. The summed E-state index contributed by atoms with van der Waals surface area (Å²) in [4.78, 5) is 50.4. The number of para-hydroxylation sites is 1. The molecule has 0 spiro atoms. The van der Waals surface area contributed by atoms with Crippen molar-refractivity contribution in [3.63, 3.8) is 0 Å². The molecule has 2 heterocycles. The molecule has 11 heteroatoms. The van der Waals surface area contributed by atoms with E-state index in [-0.39, 0.29) is 17.3 Å². The first-order chi connectivity index (χ1) is 18.9. The van der Waals surface area contributed by atoms with Crippen LogP contribution >= 0.6 is 11.3 Å². The molecule has 0 aliphatic heterocycles. The highest BCUT2D eigenvalue weighted by atomic mass is 32.1. The molecule has 0 aliphatic rings. The number of benzene rings is 2. The second-order valence-corrected chi connectivity index (χ2v) is 9.86. The third-order valence-electron chi connectivity index (χ3n) is 5.52. The van der Waals surface area contributed by atoms with Crippen LogP contribution in [0, 0.1) is 5.92 Å². The second-order valence-electron chi connectivity index (χ2n) is 9.00. The number of hydrogen-bond acceptors (Lipinski definition) is 8. The number of hydrazine groups is 1. The minimum Gasteiger partial charge on any atom is -0.488 e. The van der Waals surface area contributed by atoms with Gasteiger partial charge in [0.05, 0.1) is 11.8 Å². The van der Waals surface area contributed by atoms with Crippen LogP contribution in [-0.2, 0) is 11.4 Å². The molecule has 10 nitrogen and oxygen atoms in total. The molecule has 0 saturated heterocycles. The molecule has 0 saturated carbocycles. The van der Waals surface area contributed by atoms with Gasteiger partial charge in [-0.2, -0.15) is 0 Å². The van der Waals surface area contributed by atoms with Gasteiger partial charge in [-0.3, -0.25) is 30.2 Å². The largest absolute Gasteiger partial charge is 0.488 e. The molecule has 0 aliphatic carbocycles. The Kier molecular flexibility index (Phi) is 9.30. The van der Waals surface area contributed by atoms with E-state index < -0.39 is 23.8 Å². The van der Waals surface area contributed by atoms with Gasteiger partial charge in [0.2, 0.25) is 0 Å². The molecular weight excluding hydrogens is 516 g/mol. The third-order valence-corrected chi connectivity index (χ3v) is 6.39. The summed E-state index contributed by atoms with van der Waals surface area (Å²) < 4.78 is 6.01. The highest BCUT2D eigenvalue weighted by molar-refractivity contribution is 7.13. The monoisotopic (exact) mass is 544 g/mol. The second kappa shape index (κ2) is 13.2. The lowest BCUT2D eigenvalue weighted by atomic mass is 10.0. The number of thiazole rings is 1. The van der Waals surface area contributed by atoms with E-state index in [2.05, 4.69) is 31.1 Å². The predicted octanol–water partition coefficient (Wildman–Crippen LogP) is 3.78. The Balaban J connectivity index is 1.38. The Morgan fingerprint density at radius 1 is 0.923 bits per heavy atom. The van der Waals surface area contributed by atoms with Crippen LogP contribution in [0.5, 0.6) is 5.75 Å². The zero-order chi connectivity index (χ0) is 27.6. The standard InChI is InChI=1S/C28H28N6O4S/c1-18(2)14-21(31-25(35)22-15-29-12-13-30-22)26(36)33-34-27(37)23-17-39-28(32-23)20-10-6-7-11-24(20)38-16-19-8-4-3-5-9-19/h3-13,15,17-18,21H,14,16H2,1-2H3,(H,31,35)(H,33,36)(H,34,37)/t21-/m0/s1. The fourth-order valence-electron chi connectivity index (χ4n) is 3.63. The highest BCUT2D eigenvalue weighted by Crippen LogP contribution is 2.32. The lowest BCUT2D eigenvalue weighted by molar-refractivity contribution is -0.124. The van der Waals surface area contributed by atoms with Crippen LogP contribution in [0.25, 0.3) is 10.6 Å². The van der Waals surface area contributed by atoms with Crippen LogP contribution < -0.4 is 20.9 Å². The number of aromatic nitrogens is 3. The van der Waals surface area contributed by atoms with Crippen LogP contribution in [0.4, 0.5) is 0 Å². The molecule has 0 radical (unpaired) electrons. The average Bonchev–Trinajstić information content (AvgIpc) is 3.45. The van der Waals surface area contributed by atoms with Gasteiger partial charge in [-0.25, -0.2) is 9.97 Å². The Morgan fingerprint density at radius 3 is 2.44 bits per heavy atom. The zero-order valence-corrected chi connectivity index (χ0v) is 22.3. The summed E-state index contributed by atoms with van der Waals surface area (Å²) in [5.41, 5.74) is 6.79. The highest BCUT2D eigenvalue weighted by Gasteiger charge is 2.24. The van der Waals surface area contributed by atoms with Gasteiger partial charge in [-0.15, -0.1) is 11.3 Å². The van der Waals surface area contributed by atoms with Gasteiger partial charge >= 0.3 is 0 Å². The number of carbonyl (C=O) groups excluding carboxylic acids is 3. The predicted molar refractivity (Wildman–Crippen MR) is 147 cm³/mol. The van der Waals surface area contributed by atoms with Gasteiger partial charge in [-0.1, -0.05) is 56.3 Å². The Labute approximate surface area is 229 Å². The fourth-order valence-corrected chi connectivity index (χ4v) is 4.46. The molecule has 2 aromatic heterocycles. The lowest BCUT2D eigenvalue weighted by Crippen LogP contribution is -2.52. The summed E-state index contributed by atoms with van der Waals surface area (Å²) in [5.74, 6) is -0.941. The Hall–Kier alpha value is -4.64. The van der Waals surface area contributed by atoms with Gasteiger partial charge < -0.3 is 10.1 Å². The first-order valence-corrected chi connectivity index (χ1v) is 13.2. The number of nitrogens with zero attached hydrogens (tertiary/aromatic N) is 3. The topological polar surface area (TPSA) is 135 Å². The Bertz CT molecular complexity index is 1410.